The first kappa shape index (κ1) is 17.2. The fourth-order valence-electron chi connectivity index (χ4n) is 1.52. The van der Waals surface area contributed by atoms with Gasteiger partial charge in [-0.3, -0.25) is 4.99 Å². The topological polar surface area (TPSA) is 45.7 Å². The molecule has 0 saturated carbocycles. The fourth-order valence-corrected chi connectivity index (χ4v) is 1.52. The van der Waals surface area contributed by atoms with E-state index in [1.54, 1.807) is 7.11 Å². The minimum Gasteiger partial charge on any atom is -0.383 e. The van der Waals surface area contributed by atoms with Gasteiger partial charge in [-0.1, -0.05) is 20.8 Å². The highest BCUT2D eigenvalue weighted by Gasteiger charge is 2.13. The molecule has 0 aromatic heterocycles. The van der Waals surface area contributed by atoms with Gasteiger partial charge < -0.3 is 15.4 Å². The predicted octanol–water partition coefficient (Wildman–Crippen LogP) is 2.40. The van der Waals surface area contributed by atoms with Gasteiger partial charge in [0, 0.05) is 19.7 Å². The van der Waals surface area contributed by atoms with Crippen molar-refractivity contribution in [1.29, 1.82) is 0 Å². The average molecular weight is 257 g/mol. The maximum Gasteiger partial charge on any atom is 0.191 e. The summed E-state index contributed by atoms with van der Waals surface area (Å²) in [5.41, 5.74) is 0.390. The van der Waals surface area contributed by atoms with Crippen LogP contribution >= 0.6 is 0 Å². The van der Waals surface area contributed by atoms with Crippen molar-refractivity contribution in [3.8, 4) is 0 Å². The van der Waals surface area contributed by atoms with E-state index in [1.807, 2.05) is 0 Å². The number of hydrogen-bond donors (Lipinski definition) is 2. The lowest BCUT2D eigenvalue weighted by molar-refractivity contribution is 0.208. The van der Waals surface area contributed by atoms with Gasteiger partial charge in [0.05, 0.1) is 13.2 Å². The summed E-state index contributed by atoms with van der Waals surface area (Å²) in [7, 11) is 1.70. The van der Waals surface area contributed by atoms with Crippen molar-refractivity contribution in [2.75, 3.05) is 26.8 Å². The van der Waals surface area contributed by atoms with E-state index in [4.69, 9.17) is 4.74 Å². The minimum atomic E-state index is 0.390. The van der Waals surface area contributed by atoms with E-state index >= 15 is 0 Å². The summed E-state index contributed by atoms with van der Waals surface area (Å²) in [6, 6.07) is 0.435. The standard InChI is InChI=1S/C14H31N3O/c1-7-15-13(16-10-11-18-6)17-12(2)8-9-14(3,4)5/h12H,7-11H2,1-6H3,(H2,15,16,17). The van der Waals surface area contributed by atoms with Crippen LogP contribution in [0.5, 0.6) is 0 Å². The molecule has 4 heteroatoms. The maximum atomic E-state index is 5.00. The summed E-state index contributed by atoms with van der Waals surface area (Å²) in [5.74, 6) is 0.885. The third-order valence-electron chi connectivity index (χ3n) is 2.62. The zero-order valence-corrected chi connectivity index (χ0v) is 13.0. The Morgan fingerprint density at radius 1 is 1.33 bits per heavy atom. The summed E-state index contributed by atoms with van der Waals surface area (Å²) >= 11 is 0. The number of aliphatic imine (C=N–C) groups is 1. The average Bonchev–Trinajstić information content (AvgIpc) is 2.26. The lowest BCUT2D eigenvalue weighted by Gasteiger charge is -2.23. The molecule has 0 aliphatic heterocycles. The Balaban J connectivity index is 4.10. The van der Waals surface area contributed by atoms with E-state index in [0.717, 1.165) is 18.9 Å². The van der Waals surface area contributed by atoms with Gasteiger partial charge in [0.25, 0.3) is 0 Å². The van der Waals surface area contributed by atoms with E-state index in [2.05, 4.69) is 50.2 Å². The molecule has 0 aromatic rings. The van der Waals surface area contributed by atoms with Crippen LogP contribution in [0.15, 0.2) is 4.99 Å². The molecule has 1 unspecified atom stereocenters. The molecular weight excluding hydrogens is 226 g/mol. The molecule has 108 valence electrons. The predicted molar refractivity (Wildman–Crippen MR) is 79.1 cm³/mol. The second kappa shape index (κ2) is 9.20. The summed E-state index contributed by atoms with van der Waals surface area (Å²) in [5, 5.41) is 6.69. The van der Waals surface area contributed by atoms with Crippen molar-refractivity contribution in [1.82, 2.24) is 10.6 Å². The molecule has 0 bridgehead atoms. The second-order valence-corrected chi connectivity index (χ2v) is 5.90. The monoisotopic (exact) mass is 257 g/mol. The van der Waals surface area contributed by atoms with E-state index in [1.165, 1.54) is 6.42 Å². The molecule has 0 radical (unpaired) electrons. The Labute approximate surface area is 113 Å². The van der Waals surface area contributed by atoms with Crippen LogP contribution in [-0.4, -0.2) is 38.8 Å². The molecule has 0 saturated heterocycles. The van der Waals surface area contributed by atoms with Crippen molar-refractivity contribution in [2.45, 2.75) is 53.5 Å². The van der Waals surface area contributed by atoms with Crippen LogP contribution in [-0.2, 0) is 4.74 Å². The molecule has 0 spiro atoms. The first-order chi connectivity index (χ1) is 8.39. The van der Waals surface area contributed by atoms with E-state index in [0.29, 0.717) is 24.6 Å². The number of hydrogen-bond acceptors (Lipinski definition) is 2. The van der Waals surface area contributed by atoms with E-state index in [-0.39, 0.29) is 0 Å². The number of methoxy groups -OCH3 is 1. The van der Waals surface area contributed by atoms with Crippen LogP contribution in [0, 0.1) is 5.41 Å². The van der Waals surface area contributed by atoms with Crippen LogP contribution in [0.4, 0.5) is 0 Å². The number of ether oxygens (including phenoxy) is 1. The minimum absolute atomic E-state index is 0.390. The molecule has 1 atom stereocenters. The van der Waals surface area contributed by atoms with Crippen LogP contribution in [0.3, 0.4) is 0 Å². The zero-order chi connectivity index (χ0) is 14.0. The molecular formula is C14H31N3O. The Bertz CT molecular complexity index is 234. The first-order valence-corrected chi connectivity index (χ1v) is 6.93. The molecule has 0 aromatic carbocycles. The Kier molecular flexibility index (Phi) is 8.81. The summed E-state index contributed by atoms with van der Waals surface area (Å²) in [4.78, 5) is 4.46. The van der Waals surface area contributed by atoms with Gasteiger partial charge in [0.15, 0.2) is 5.96 Å². The Morgan fingerprint density at radius 3 is 2.50 bits per heavy atom. The normalized spacial score (nSPS) is 14.4. The van der Waals surface area contributed by atoms with Gasteiger partial charge in [-0.25, -0.2) is 0 Å². The molecule has 0 rings (SSSR count). The second-order valence-electron chi connectivity index (χ2n) is 5.90. The van der Waals surface area contributed by atoms with Gasteiger partial charge in [0.2, 0.25) is 0 Å². The highest BCUT2D eigenvalue weighted by atomic mass is 16.5. The van der Waals surface area contributed by atoms with Crippen molar-refractivity contribution < 1.29 is 4.74 Å². The van der Waals surface area contributed by atoms with Crippen molar-refractivity contribution >= 4 is 5.96 Å². The highest BCUT2D eigenvalue weighted by Crippen LogP contribution is 2.21. The van der Waals surface area contributed by atoms with Gasteiger partial charge in [-0.15, -0.1) is 0 Å². The molecule has 0 fully saturated rings. The van der Waals surface area contributed by atoms with Gasteiger partial charge >= 0.3 is 0 Å². The number of rotatable bonds is 7. The van der Waals surface area contributed by atoms with E-state index in [9.17, 15) is 0 Å². The summed E-state index contributed by atoms with van der Waals surface area (Å²) in [6.07, 6.45) is 2.36. The van der Waals surface area contributed by atoms with E-state index < -0.39 is 0 Å². The van der Waals surface area contributed by atoms with Crippen molar-refractivity contribution in [3.63, 3.8) is 0 Å². The van der Waals surface area contributed by atoms with Gasteiger partial charge in [-0.05, 0) is 32.1 Å². The molecule has 0 aliphatic rings. The number of guanidine groups is 1. The van der Waals surface area contributed by atoms with Crippen LogP contribution in [0.25, 0.3) is 0 Å². The van der Waals surface area contributed by atoms with Gasteiger partial charge in [0.1, 0.15) is 0 Å². The van der Waals surface area contributed by atoms with Crippen LogP contribution in [0.1, 0.15) is 47.5 Å². The maximum absolute atomic E-state index is 5.00. The molecule has 0 amide bonds. The number of nitrogens with zero attached hydrogens (tertiary/aromatic N) is 1. The highest BCUT2D eigenvalue weighted by molar-refractivity contribution is 5.80. The fraction of sp³-hybridized carbons (Fsp3) is 0.929. The lowest BCUT2D eigenvalue weighted by atomic mass is 9.89. The molecule has 0 aliphatic carbocycles. The Morgan fingerprint density at radius 2 is 2.00 bits per heavy atom. The SMILES string of the molecule is CCNC(=NCCOC)NC(C)CCC(C)(C)C. The van der Waals surface area contributed by atoms with Crippen molar-refractivity contribution in [3.05, 3.63) is 0 Å². The third kappa shape index (κ3) is 10.4. The Hall–Kier alpha value is -0.770. The van der Waals surface area contributed by atoms with Gasteiger partial charge in [-0.2, -0.15) is 0 Å². The molecule has 4 nitrogen and oxygen atoms in total. The smallest absolute Gasteiger partial charge is 0.191 e. The summed E-state index contributed by atoms with van der Waals surface area (Å²) < 4.78 is 5.00. The molecule has 2 N–H and O–H groups in total. The molecule has 18 heavy (non-hydrogen) atoms. The van der Waals surface area contributed by atoms with Crippen LogP contribution < -0.4 is 10.6 Å². The third-order valence-corrected chi connectivity index (χ3v) is 2.62. The number of nitrogens with one attached hydrogen (secondary N) is 2. The first-order valence-electron chi connectivity index (χ1n) is 6.93. The largest absolute Gasteiger partial charge is 0.383 e. The quantitative estimate of drug-likeness (QED) is 0.418. The lowest BCUT2D eigenvalue weighted by Crippen LogP contribution is -2.42. The molecule has 0 heterocycles. The van der Waals surface area contributed by atoms with Crippen molar-refractivity contribution in [2.24, 2.45) is 10.4 Å². The summed E-state index contributed by atoms with van der Waals surface area (Å²) in [6.45, 7) is 13.3. The van der Waals surface area contributed by atoms with Crippen LogP contribution in [0.2, 0.25) is 0 Å². The zero-order valence-electron chi connectivity index (χ0n) is 13.0.